The van der Waals surface area contributed by atoms with E-state index in [9.17, 15) is 22.8 Å². The second-order valence-corrected chi connectivity index (χ2v) is 7.19. The summed E-state index contributed by atoms with van der Waals surface area (Å²) in [5.74, 6) is -0.434. The second-order valence-electron chi connectivity index (χ2n) is 6.24. The molecule has 5 nitrogen and oxygen atoms in total. The highest BCUT2D eigenvalue weighted by Gasteiger charge is 2.28. The Kier molecular flexibility index (Phi) is 6.73. The van der Waals surface area contributed by atoms with Crippen molar-refractivity contribution in [2.45, 2.75) is 12.7 Å². The molecule has 0 fully saturated rings. The number of hydrogen-bond acceptors (Lipinski definition) is 4. The zero-order valence-corrected chi connectivity index (χ0v) is 16.3. The Hall–Kier alpha value is -3.33. The number of carbonyl (C=O) groups is 2. The van der Waals surface area contributed by atoms with Gasteiger partial charge in [-0.05, 0) is 53.4 Å². The van der Waals surface area contributed by atoms with Gasteiger partial charge in [0, 0.05) is 17.8 Å². The molecule has 0 saturated carbocycles. The minimum Gasteiger partial charge on any atom is -0.484 e. The predicted octanol–water partition coefficient (Wildman–Crippen LogP) is 4.87. The fraction of sp³-hybridized carbons (Fsp3) is 0.143. The van der Waals surface area contributed by atoms with Crippen LogP contribution in [-0.4, -0.2) is 24.6 Å². The molecule has 2 amide bonds. The van der Waals surface area contributed by atoms with Crippen molar-refractivity contribution in [1.29, 1.82) is 0 Å². The number of thiophene rings is 1. The molecule has 1 heterocycles. The minimum atomic E-state index is -4.39. The van der Waals surface area contributed by atoms with Crippen molar-refractivity contribution in [2.75, 3.05) is 11.9 Å². The van der Waals surface area contributed by atoms with Gasteiger partial charge in [0.25, 0.3) is 11.8 Å². The maximum atomic E-state index is 12.3. The van der Waals surface area contributed by atoms with Crippen molar-refractivity contribution >= 4 is 28.8 Å². The Morgan fingerprint density at radius 2 is 1.63 bits per heavy atom. The summed E-state index contributed by atoms with van der Waals surface area (Å²) in [5, 5.41) is 7.29. The molecule has 1 aromatic heterocycles. The SMILES string of the molecule is O=C(NCc1ccc(OCC(F)(F)F)cc1)c1ccc(NC(=O)c2cccs2)cc1. The first-order valence-corrected chi connectivity index (χ1v) is 9.70. The quantitative estimate of drug-likeness (QED) is 0.558. The standard InChI is InChI=1S/C21H17F3N2O3S/c22-21(23,24)13-29-17-9-3-14(4-10-17)12-25-19(27)15-5-7-16(8-6-15)26-20(28)18-2-1-11-30-18/h1-11H,12-13H2,(H,25,27)(H,26,28). The van der Waals surface area contributed by atoms with Crippen molar-refractivity contribution in [2.24, 2.45) is 0 Å². The molecule has 0 aliphatic heterocycles. The summed E-state index contributed by atoms with van der Waals surface area (Å²) in [7, 11) is 0. The molecule has 30 heavy (non-hydrogen) atoms. The minimum absolute atomic E-state index is 0.0996. The smallest absolute Gasteiger partial charge is 0.422 e. The van der Waals surface area contributed by atoms with Gasteiger partial charge in [-0.25, -0.2) is 0 Å². The first-order valence-electron chi connectivity index (χ1n) is 8.82. The van der Waals surface area contributed by atoms with E-state index in [1.807, 2.05) is 5.38 Å². The number of carbonyl (C=O) groups excluding carboxylic acids is 2. The Bertz CT molecular complexity index is 986. The Morgan fingerprint density at radius 3 is 2.23 bits per heavy atom. The molecule has 0 aliphatic carbocycles. The Morgan fingerprint density at radius 1 is 0.933 bits per heavy atom. The molecule has 0 aliphatic rings. The van der Waals surface area contributed by atoms with Gasteiger partial charge in [-0.2, -0.15) is 13.2 Å². The molecule has 156 valence electrons. The van der Waals surface area contributed by atoms with Crippen LogP contribution in [0, 0.1) is 0 Å². The summed E-state index contributed by atoms with van der Waals surface area (Å²) in [6, 6.07) is 15.9. The number of halogens is 3. The van der Waals surface area contributed by atoms with E-state index in [1.165, 1.54) is 23.5 Å². The fourth-order valence-corrected chi connectivity index (χ4v) is 3.08. The van der Waals surface area contributed by atoms with Gasteiger partial charge in [-0.1, -0.05) is 18.2 Å². The number of amides is 2. The number of hydrogen-bond donors (Lipinski definition) is 2. The summed E-state index contributed by atoms with van der Waals surface area (Å²) in [4.78, 5) is 24.9. The fourth-order valence-electron chi connectivity index (χ4n) is 2.46. The van der Waals surface area contributed by atoms with E-state index in [4.69, 9.17) is 0 Å². The number of rotatable bonds is 7. The van der Waals surface area contributed by atoms with Crippen LogP contribution in [0.3, 0.4) is 0 Å². The van der Waals surface area contributed by atoms with Gasteiger partial charge < -0.3 is 15.4 Å². The van der Waals surface area contributed by atoms with Crippen molar-refractivity contribution < 1.29 is 27.5 Å². The molecular formula is C21H17F3N2O3S. The van der Waals surface area contributed by atoms with E-state index >= 15 is 0 Å². The molecule has 0 atom stereocenters. The lowest BCUT2D eigenvalue weighted by atomic mass is 10.1. The van der Waals surface area contributed by atoms with E-state index < -0.39 is 12.8 Å². The van der Waals surface area contributed by atoms with Gasteiger partial charge in [0.2, 0.25) is 0 Å². The van der Waals surface area contributed by atoms with Crippen molar-refractivity contribution in [1.82, 2.24) is 5.32 Å². The normalized spacial score (nSPS) is 11.0. The van der Waals surface area contributed by atoms with E-state index in [2.05, 4.69) is 15.4 Å². The van der Waals surface area contributed by atoms with Gasteiger partial charge in [0.15, 0.2) is 6.61 Å². The van der Waals surface area contributed by atoms with Crippen LogP contribution in [-0.2, 0) is 6.54 Å². The molecule has 0 saturated heterocycles. The monoisotopic (exact) mass is 434 g/mol. The molecular weight excluding hydrogens is 417 g/mol. The number of ether oxygens (including phenoxy) is 1. The third kappa shape index (κ3) is 6.35. The largest absolute Gasteiger partial charge is 0.484 e. The predicted molar refractivity (Wildman–Crippen MR) is 108 cm³/mol. The summed E-state index contributed by atoms with van der Waals surface area (Å²) in [6.45, 7) is -1.15. The molecule has 3 aromatic rings. The molecule has 0 spiro atoms. The highest BCUT2D eigenvalue weighted by atomic mass is 32.1. The van der Waals surface area contributed by atoms with Crippen LogP contribution >= 0.6 is 11.3 Å². The van der Waals surface area contributed by atoms with Gasteiger partial charge >= 0.3 is 6.18 Å². The maximum Gasteiger partial charge on any atom is 0.422 e. The highest BCUT2D eigenvalue weighted by Crippen LogP contribution is 2.19. The van der Waals surface area contributed by atoms with Gasteiger partial charge in [-0.3, -0.25) is 9.59 Å². The first kappa shape index (κ1) is 21.4. The lowest BCUT2D eigenvalue weighted by Gasteiger charge is -2.10. The molecule has 3 rings (SSSR count). The van der Waals surface area contributed by atoms with Crippen LogP contribution < -0.4 is 15.4 Å². The summed E-state index contributed by atoms with van der Waals surface area (Å²) in [6.07, 6.45) is -4.39. The van der Waals surface area contributed by atoms with Crippen LogP contribution in [0.4, 0.5) is 18.9 Å². The molecule has 2 N–H and O–H groups in total. The third-order valence-electron chi connectivity index (χ3n) is 3.93. The summed E-state index contributed by atoms with van der Waals surface area (Å²) in [5.41, 5.74) is 1.69. The van der Waals surface area contributed by atoms with Crippen LogP contribution in [0.15, 0.2) is 66.0 Å². The Labute approximate surface area is 174 Å². The van der Waals surface area contributed by atoms with Crippen LogP contribution in [0.5, 0.6) is 5.75 Å². The van der Waals surface area contributed by atoms with Gasteiger partial charge in [0.05, 0.1) is 4.88 Å². The zero-order chi connectivity index (χ0) is 21.6. The van der Waals surface area contributed by atoms with Crippen LogP contribution in [0.1, 0.15) is 25.6 Å². The maximum absolute atomic E-state index is 12.3. The molecule has 0 radical (unpaired) electrons. The topological polar surface area (TPSA) is 67.4 Å². The van der Waals surface area contributed by atoms with E-state index in [-0.39, 0.29) is 24.1 Å². The molecule has 9 heteroatoms. The number of nitrogens with one attached hydrogen (secondary N) is 2. The second kappa shape index (κ2) is 9.45. The van der Waals surface area contributed by atoms with E-state index in [0.29, 0.717) is 21.7 Å². The Balaban J connectivity index is 1.49. The van der Waals surface area contributed by atoms with Crippen LogP contribution in [0.2, 0.25) is 0 Å². The number of alkyl halides is 3. The first-order chi connectivity index (χ1) is 14.3. The van der Waals surface area contributed by atoms with E-state index in [0.717, 1.165) is 0 Å². The highest BCUT2D eigenvalue weighted by molar-refractivity contribution is 7.12. The summed E-state index contributed by atoms with van der Waals surface area (Å²) >= 11 is 1.33. The molecule has 2 aromatic carbocycles. The number of benzene rings is 2. The lowest BCUT2D eigenvalue weighted by molar-refractivity contribution is -0.153. The average molecular weight is 434 g/mol. The summed E-state index contributed by atoms with van der Waals surface area (Å²) < 4.78 is 41.1. The van der Waals surface area contributed by atoms with Crippen LogP contribution in [0.25, 0.3) is 0 Å². The average Bonchev–Trinajstić information content (AvgIpc) is 3.26. The zero-order valence-electron chi connectivity index (χ0n) is 15.5. The number of anilines is 1. The molecule has 0 bridgehead atoms. The lowest BCUT2D eigenvalue weighted by Crippen LogP contribution is -2.22. The third-order valence-corrected chi connectivity index (χ3v) is 4.80. The van der Waals surface area contributed by atoms with Crippen molar-refractivity contribution in [3.63, 3.8) is 0 Å². The van der Waals surface area contributed by atoms with Gasteiger partial charge in [-0.15, -0.1) is 11.3 Å². The van der Waals surface area contributed by atoms with E-state index in [1.54, 1.807) is 48.5 Å². The van der Waals surface area contributed by atoms with Crippen molar-refractivity contribution in [3.8, 4) is 5.75 Å². The van der Waals surface area contributed by atoms with Gasteiger partial charge in [0.1, 0.15) is 5.75 Å². The molecule has 0 unspecified atom stereocenters. The van der Waals surface area contributed by atoms with Crippen molar-refractivity contribution in [3.05, 3.63) is 82.0 Å².